The Morgan fingerprint density at radius 1 is 1.17 bits per heavy atom. The molecule has 0 saturated heterocycles. The fourth-order valence-corrected chi connectivity index (χ4v) is 2.74. The molecule has 2 rings (SSSR count). The SMILES string of the molecule is Cc1ccc(SC(CN)c2cccc(F)c2)cc1. The first-order valence-electron chi connectivity index (χ1n) is 5.88. The molecular formula is C15H16FNS. The zero-order chi connectivity index (χ0) is 13.0. The van der Waals surface area contributed by atoms with Crippen molar-refractivity contribution >= 4 is 11.8 Å². The van der Waals surface area contributed by atoms with Gasteiger partial charge in [-0.1, -0.05) is 29.8 Å². The smallest absolute Gasteiger partial charge is 0.123 e. The topological polar surface area (TPSA) is 26.0 Å². The summed E-state index contributed by atoms with van der Waals surface area (Å²) in [4.78, 5) is 1.15. The summed E-state index contributed by atoms with van der Waals surface area (Å²) in [5.41, 5.74) is 7.95. The van der Waals surface area contributed by atoms with Gasteiger partial charge in [-0.3, -0.25) is 0 Å². The van der Waals surface area contributed by atoms with E-state index in [0.717, 1.165) is 10.5 Å². The third kappa shape index (κ3) is 3.34. The van der Waals surface area contributed by atoms with Crippen LogP contribution in [0.4, 0.5) is 4.39 Å². The van der Waals surface area contributed by atoms with Crippen LogP contribution in [0.5, 0.6) is 0 Å². The normalized spacial score (nSPS) is 12.4. The molecule has 0 saturated carbocycles. The van der Waals surface area contributed by atoms with Gasteiger partial charge in [-0.15, -0.1) is 11.8 Å². The Morgan fingerprint density at radius 2 is 1.89 bits per heavy atom. The van der Waals surface area contributed by atoms with E-state index in [2.05, 4.69) is 31.2 Å². The molecule has 0 amide bonds. The molecule has 18 heavy (non-hydrogen) atoms. The predicted molar refractivity (Wildman–Crippen MR) is 75.2 cm³/mol. The van der Waals surface area contributed by atoms with Gasteiger partial charge in [0.25, 0.3) is 0 Å². The average molecular weight is 261 g/mol. The molecule has 1 nitrogen and oxygen atoms in total. The van der Waals surface area contributed by atoms with Crippen molar-refractivity contribution in [2.45, 2.75) is 17.1 Å². The van der Waals surface area contributed by atoms with Gasteiger partial charge in [0.2, 0.25) is 0 Å². The van der Waals surface area contributed by atoms with Gasteiger partial charge in [-0.05, 0) is 36.8 Å². The summed E-state index contributed by atoms with van der Waals surface area (Å²) >= 11 is 1.67. The van der Waals surface area contributed by atoms with Gasteiger partial charge >= 0.3 is 0 Å². The molecule has 0 bridgehead atoms. The largest absolute Gasteiger partial charge is 0.329 e. The van der Waals surface area contributed by atoms with Crippen LogP contribution in [-0.2, 0) is 0 Å². The molecule has 2 aromatic rings. The molecule has 94 valence electrons. The Labute approximate surface area is 111 Å². The number of nitrogens with two attached hydrogens (primary N) is 1. The summed E-state index contributed by atoms with van der Waals surface area (Å²) < 4.78 is 13.2. The van der Waals surface area contributed by atoms with Crippen LogP contribution < -0.4 is 5.73 Å². The minimum Gasteiger partial charge on any atom is -0.329 e. The van der Waals surface area contributed by atoms with Crippen LogP contribution in [-0.4, -0.2) is 6.54 Å². The number of aryl methyl sites for hydroxylation is 1. The van der Waals surface area contributed by atoms with E-state index in [1.165, 1.54) is 11.6 Å². The van der Waals surface area contributed by atoms with Crippen LogP contribution in [0.2, 0.25) is 0 Å². The third-order valence-electron chi connectivity index (χ3n) is 2.73. The number of thioether (sulfide) groups is 1. The maximum Gasteiger partial charge on any atom is 0.123 e. The highest BCUT2D eigenvalue weighted by Crippen LogP contribution is 2.34. The molecule has 2 N–H and O–H groups in total. The lowest BCUT2D eigenvalue weighted by atomic mass is 10.1. The van der Waals surface area contributed by atoms with Crippen LogP contribution in [0.1, 0.15) is 16.4 Å². The molecule has 0 heterocycles. The minimum atomic E-state index is -0.213. The molecule has 0 aliphatic rings. The highest BCUT2D eigenvalue weighted by atomic mass is 32.2. The summed E-state index contributed by atoms with van der Waals surface area (Å²) in [6.07, 6.45) is 0. The summed E-state index contributed by atoms with van der Waals surface area (Å²) in [5.74, 6) is -0.213. The van der Waals surface area contributed by atoms with E-state index in [4.69, 9.17) is 5.73 Å². The number of hydrogen-bond acceptors (Lipinski definition) is 2. The second kappa shape index (κ2) is 6.03. The summed E-state index contributed by atoms with van der Waals surface area (Å²) in [7, 11) is 0. The first kappa shape index (κ1) is 13.1. The number of hydrogen-bond donors (Lipinski definition) is 1. The molecule has 0 spiro atoms. The van der Waals surface area contributed by atoms with Crippen LogP contribution in [0.15, 0.2) is 53.4 Å². The Kier molecular flexibility index (Phi) is 4.39. The summed E-state index contributed by atoms with van der Waals surface area (Å²) in [5, 5.41) is 0.0865. The summed E-state index contributed by atoms with van der Waals surface area (Å²) in [6, 6.07) is 14.9. The van der Waals surface area contributed by atoms with Crippen molar-refractivity contribution in [2.75, 3.05) is 6.54 Å². The monoisotopic (exact) mass is 261 g/mol. The van der Waals surface area contributed by atoms with E-state index in [9.17, 15) is 4.39 Å². The number of halogens is 1. The van der Waals surface area contributed by atoms with Gasteiger partial charge in [-0.2, -0.15) is 0 Å². The van der Waals surface area contributed by atoms with Crippen LogP contribution in [0, 0.1) is 12.7 Å². The molecule has 0 aromatic heterocycles. The van der Waals surface area contributed by atoms with Gasteiger partial charge in [0.15, 0.2) is 0 Å². The van der Waals surface area contributed by atoms with E-state index >= 15 is 0 Å². The Hall–Kier alpha value is -1.32. The average Bonchev–Trinajstić information content (AvgIpc) is 2.38. The van der Waals surface area contributed by atoms with E-state index < -0.39 is 0 Å². The molecular weight excluding hydrogens is 245 g/mol. The highest BCUT2D eigenvalue weighted by Gasteiger charge is 2.11. The molecule has 0 aliphatic heterocycles. The van der Waals surface area contributed by atoms with E-state index in [-0.39, 0.29) is 11.1 Å². The minimum absolute atomic E-state index is 0.0865. The lowest BCUT2D eigenvalue weighted by Crippen LogP contribution is -2.09. The third-order valence-corrected chi connectivity index (χ3v) is 4.03. The maximum atomic E-state index is 13.2. The van der Waals surface area contributed by atoms with E-state index in [0.29, 0.717) is 6.54 Å². The molecule has 2 aromatic carbocycles. The van der Waals surface area contributed by atoms with Gasteiger partial charge in [0.1, 0.15) is 5.82 Å². The lowest BCUT2D eigenvalue weighted by molar-refractivity contribution is 0.625. The summed E-state index contributed by atoms with van der Waals surface area (Å²) in [6.45, 7) is 2.55. The molecule has 0 aliphatic carbocycles. The van der Waals surface area contributed by atoms with Gasteiger partial charge in [0.05, 0.1) is 0 Å². The zero-order valence-corrected chi connectivity index (χ0v) is 11.1. The Bertz CT molecular complexity index is 510. The van der Waals surface area contributed by atoms with Crippen molar-refractivity contribution in [3.63, 3.8) is 0 Å². The standard InChI is InChI=1S/C15H16FNS/c1-11-5-7-14(8-6-11)18-15(10-17)12-3-2-4-13(16)9-12/h2-9,15H,10,17H2,1H3. The van der Waals surface area contributed by atoms with Crippen molar-refractivity contribution in [1.82, 2.24) is 0 Å². The van der Waals surface area contributed by atoms with Gasteiger partial charge in [0, 0.05) is 16.7 Å². The second-order valence-electron chi connectivity index (χ2n) is 4.21. The quantitative estimate of drug-likeness (QED) is 0.844. The number of rotatable bonds is 4. The number of benzene rings is 2. The van der Waals surface area contributed by atoms with Crippen LogP contribution >= 0.6 is 11.8 Å². The fraction of sp³-hybridized carbons (Fsp3) is 0.200. The Balaban J connectivity index is 2.17. The van der Waals surface area contributed by atoms with E-state index in [1.54, 1.807) is 23.9 Å². The van der Waals surface area contributed by atoms with Crippen LogP contribution in [0.25, 0.3) is 0 Å². The maximum absolute atomic E-state index is 13.2. The first-order chi connectivity index (χ1) is 8.69. The molecule has 3 heteroatoms. The lowest BCUT2D eigenvalue weighted by Gasteiger charge is -2.15. The second-order valence-corrected chi connectivity index (χ2v) is 5.49. The van der Waals surface area contributed by atoms with Crippen molar-refractivity contribution in [3.8, 4) is 0 Å². The van der Waals surface area contributed by atoms with Crippen molar-refractivity contribution < 1.29 is 4.39 Å². The molecule has 0 fully saturated rings. The van der Waals surface area contributed by atoms with Crippen molar-refractivity contribution in [1.29, 1.82) is 0 Å². The van der Waals surface area contributed by atoms with Crippen molar-refractivity contribution in [3.05, 3.63) is 65.5 Å². The molecule has 1 unspecified atom stereocenters. The highest BCUT2D eigenvalue weighted by molar-refractivity contribution is 7.99. The fourth-order valence-electron chi connectivity index (χ4n) is 1.74. The molecule has 1 atom stereocenters. The van der Waals surface area contributed by atoms with Crippen molar-refractivity contribution in [2.24, 2.45) is 5.73 Å². The Morgan fingerprint density at radius 3 is 2.50 bits per heavy atom. The van der Waals surface area contributed by atoms with Gasteiger partial charge in [-0.25, -0.2) is 4.39 Å². The van der Waals surface area contributed by atoms with Crippen LogP contribution in [0.3, 0.4) is 0 Å². The van der Waals surface area contributed by atoms with Gasteiger partial charge < -0.3 is 5.73 Å². The van der Waals surface area contributed by atoms with E-state index in [1.807, 2.05) is 6.07 Å². The molecule has 0 radical (unpaired) electrons. The zero-order valence-electron chi connectivity index (χ0n) is 10.3. The predicted octanol–water partition coefficient (Wildman–Crippen LogP) is 3.93. The first-order valence-corrected chi connectivity index (χ1v) is 6.76.